The maximum atomic E-state index is 7.17. The summed E-state index contributed by atoms with van der Waals surface area (Å²) in [6.07, 6.45) is 1.50. The van der Waals surface area contributed by atoms with E-state index in [1.807, 2.05) is 0 Å². The van der Waals surface area contributed by atoms with E-state index in [-0.39, 0.29) is 51.4 Å². The van der Waals surface area contributed by atoms with Crippen molar-refractivity contribution in [3.63, 3.8) is 0 Å². The molecule has 0 heterocycles. The predicted molar refractivity (Wildman–Crippen MR) is 27.0 cm³/mol. The van der Waals surface area contributed by atoms with Crippen LogP contribution in [0.15, 0.2) is 6.08 Å². The normalized spacial score (nSPS) is 5.00. The molecule has 0 unspecified atom stereocenters. The molecule has 0 aromatic heterocycles. The van der Waals surface area contributed by atoms with Crippen LogP contribution in [0.5, 0.6) is 0 Å². The van der Waals surface area contributed by atoms with Crippen molar-refractivity contribution in [2.24, 2.45) is 0 Å². The quantitative estimate of drug-likeness (QED) is 0.238. The second kappa shape index (κ2) is 15.8. The van der Waals surface area contributed by atoms with Crippen molar-refractivity contribution in [1.82, 2.24) is 0 Å². The summed E-state index contributed by atoms with van der Waals surface area (Å²) in [6, 6.07) is 0. The molecule has 0 aliphatic carbocycles. The Kier molecular flexibility index (Phi) is 31.8. The van der Waals surface area contributed by atoms with E-state index >= 15 is 0 Å². The number of rotatable bonds is 0. The molecule has 42 valence electrons. The van der Waals surface area contributed by atoms with Gasteiger partial charge in [0.2, 0.25) is 0 Å². The van der Waals surface area contributed by atoms with Crippen molar-refractivity contribution in [3.8, 4) is 0 Å². The largest absolute Gasteiger partial charge is 1.00 e. The molecular formula is C3H8BKO3. The van der Waals surface area contributed by atoms with Gasteiger partial charge < -0.3 is 21.7 Å². The average Bonchev–Trinajstić information content (AvgIpc) is 1.33. The fourth-order valence-corrected chi connectivity index (χ4v) is 0. The van der Waals surface area contributed by atoms with Crippen LogP contribution in [-0.4, -0.2) is 22.4 Å². The van der Waals surface area contributed by atoms with E-state index in [9.17, 15) is 0 Å². The number of hydrogen-bond acceptors (Lipinski definition) is 3. The van der Waals surface area contributed by atoms with E-state index in [0.717, 1.165) is 0 Å². The smallest absolute Gasteiger partial charge is 0.518 e. The minimum atomic E-state index is -2.17. The third kappa shape index (κ3) is 168. The van der Waals surface area contributed by atoms with Crippen LogP contribution in [0.4, 0.5) is 0 Å². The van der Waals surface area contributed by atoms with Gasteiger partial charge in [0.15, 0.2) is 0 Å². The molecule has 0 spiro atoms. The van der Waals surface area contributed by atoms with E-state index in [1.54, 1.807) is 6.92 Å². The molecule has 0 amide bonds. The van der Waals surface area contributed by atoms with Crippen LogP contribution in [0.25, 0.3) is 0 Å². The molecule has 0 aromatic rings. The first-order chi connectivity index (χ1) is 3.15. The monoisotopic (exact) mass is 142 g/mol. The maximum absolute atomic E-state index is 7.17. The van der Waals surface area contributed by atoms with Crippen molar-refractivity contribution >= 4 is 7.32 Å². The van der Waals surface area contributed by atoms with Crippen LogP contribution in [0.2, 0.25) is 0 Å². The topological polar surface area (TPSA) is 60.7 Å². The Hall–Kier alpha value is 1.32. The molecule has 3 nitrogen and oxygen atoms in total. The molecule has 0 aliphatic heterocycles. The first-order valence-corrected chi connectivity index (χ1v) is 1.69. The van der Waals surface area contributed by atoms with Gasteiger partial charge in [-0.25, -0.2) is 0 Å². The third-order valence-corrected chi connectivity index (χ3v) is 0. The molecule has 0 bridgehead atoms. The zero-order valence-corrected chi connectivity index (χ0v) is 8.20. The van der Waals surface area contributed by atoms with Crippen molar-refractivity contribution in [1.29, 1.82) is 0 Å². The molecule has 0 radical (unpaired) electrons. The number of allylic oxidation sites excluding steroid dienone is 1. The van der Waals surface area contributed by atoms with Crippen molar-refractivity contribution < 1.29 is 66.5 Å². The van der Waals surface area contributed by atoms with Gasteiger partial charge in [-0.05, 0) is 0 Å². The fraction of sp³-hybridized carbons (Fsp3) is 0.333. The van der Waals surface area contributed by atoms with Crippen LogP contribution < -0.4 is 51.4 Å². The Bertz CT molecular complexity index is 38.8. The Morgan fingerprint density at radius 3 is 1.38 bits per heavy atom. The Balaban J connectivity index is -0.0000000575. The molecule has 0 fully saturated rings. The maximum Gasteiger partial charge on any atom is 1.00 e. The third-order valence-electron chi connectivity index (χ3n) is 0. The molecule has 0 atom stereocenters. The van der Waals surface area contributed by atoms with Gasteiger partial charge in [0.25, 0.3) is 0 Å². The summed E-state index contributed by atoms with van der Waals surface area (Å²) in [5.41, 5.74) is 0. The predicted octanol–water partition coefficient (Wildman–Crippen LogP) is -4.05. The van der Waals surface area contributed by atoms with Crippen LogP contribution in [-0.2, 0) is 0 Å². The first-order valence-electron chi connectivity index (χ1n) is 1.69. The van der Waals surface area contributed by atoms with Crippen molar-refractivity contribution in [3.05, 3.63) is 12.7 Å². The van der Waals surface area contributed by atoms with E-state index < -0.39 is 7.32 Å². The van der Waals surface area contributed by atoms with Crippen LogP contribution >= 0.6 is 0 Å². The summed E-state index contributed by atoms with van der Waals surface area (Å²) in [4.78, 5) is 0. The van der Waals surface area contributed by atoms with Gasteiger partial charge in [0, 0.05) is 0 Å². The molecule has 0 rings (SSSR count). The van der Waals surface area contributed by atoms with Crippen LogP contribution in [0.1, 0.15) is 6.92 Å². The summed E-state index contributed by atoms with van der Waals surface area (Å²) in [6.45, 7) is 6.50. The van der Waals surface area contributed by atoms with Crippen LogP contribution in [0.3, 0.4) is 0 Å². The molecule has 0 aliphatic rings. The second-order valence-electron chi connectivity index (χ2n) is 0.680. The van der Waals surface area contributed by atoms with Crippen molar-refractivity contribution in [2.75, 3.05) is 0 Å². The molecule has 0 saturated carbocycles. The Morgan fingerprint density at radius 2 is 1.38 bits per heavy atom. The van der Waals surface area contributed by atoms with Gasteiger partial charge in [0.1, 0.15) is 0 Å². The molecule has 0 saturated heterocycles. The van der Waals surface area contributed by atoms with Crippen LogP contribution in [0, 0.1) is 6.58 Å². The van der Waals surface area contributed by atoms with E-state index in [0.29, 0.717) is 0 Å². The van der Waals surface area contributed by atoms with E-state index in [1.165, 1.54) is 6.08 Å². The molecule has 0 aromatic carbocycles. The van der Waals surface area contributed by atoms with Gasteiger partial charge in [-0.15, -0.1) is 0 Å². The zero-order chi connectivity index (χ0) is 6.28. The summed E-state index contributed by atoms with van der Waals surface area (Å²) < 4.78 is 0. The van der Waals surface area contributed by atoms with Crippen molar-refractivity contribution in [2.45, 2.75) is 6.92 Å². The Labute approximate surface area is 92.0 Å². The summed E-state index contributed by atoms with van der Waals surface area (Å²) >= 11 is 0. The Morgan fingerprint density at radius 1 is 1.38 bits per heavy atom. The molecule has 8 heavy (non-hydrogen) atoms. The van der Waals surface area contributed by atoms with Gasteiger partial charge in [0.05, 0.1) is 0 Å². The van der Waals surface area contributed by atoms with Gasteiger partial charge in [-0.1, -0.05) is 6.92 Å². The van der Waals surface area contributed by atoms with E-state index in [4.69, 9.17) is 21.7 Å². The summed E-state index contributed by atoms with van der Waals surface area (Å²) in [5, 5.41) is 21.5. The van der Waals surface area contributed by atoms with Gasteiger partial charge in [-0.3, -0.25) is 6.08 Å². The molecule has 3 N–H and O–H groups in total. The zero-order valence-electron chi connectivity index (χ0n) is 5.07. The second-order valence-corrected chi connectivity index (χ2v) is 0.680. The van der Waals surface area contributed by atoms with E-state index in [2.05, 4.69) is 0 Å². The van der Waals surface area contributed by atoms with Gasteiger partial charge in [-0.2, -0.15) is 0 Å². The number of hydrogen-bond donors (Lipinski definition) is 3. The molecule has 5 heteroatoms. The summed E-state index contributed by atoms with van der Waals surface area (Å²) in [7, 11) is -2.17. The summed E-state index contributed by atoms with van der Waals surface area (Å²) in [5.74, 6) is 0. The fourth-order valence-electron chi connectivity index (χ4n) is 0. The SMILES string of the molecule is OB(O)O.[CH-]=CC.[K+]. The standard InChI is InChI=1S/C3H5.BH3O3.K/c1-3-2;2-1(3)4;/h1,3H,2H3;2-4H;/q-1;;+1. The minimum absolute atomic E-state index is 0. The first kappa shape index (κ1) is 16.2. The minimum Gasteiger partial charge on any atom is -0.518 e. The van der Waals surface area contributed by atoms with Gasteiger partial charge >= 0.3 is 58.7 Å². The molecular weight excluding hydrogens is 134 g/mol. The average molecular weight is 142 g/mol.